The van der Waals surface area contributed by atoms with Crippen molar-refractivity contribution in [2.45, 2.75) is 0 Å². The molecule has 0 bridgehead atoms. The van der Waals surface area contributed by atoms with Gasteiger partial charge in [0.15, 0.2) is 0 Å². The molecule has 0 heterocycles. The fraction of sp³-hybridized carbons (Fsp3) is 0. The zero-order valence-corrected chi connectivity index (χ0v) is 7.68. The topological polar surface area (TPSA) is 74.6 Å². The molecule has 0 fully saturated rings. The van der Waals surface area contributed by atoms with Crippen LogP contribution in [0.5, 0.6) is 0 Å². The number of hydrogen-bond acceptors (Lipinski definition) is 2. The molecule has 0 aromatic carbocycles. The molecule has 6 heavy (non-hydrogen) atoms. The standard InChI is InChI=1S/H2O4S.Sn.2H/c1-5(2,3)4;;;/h(H2,1,2,3,4);;;. The van der Waals surface area contributed by atoms with E-state index in [9.17, 15) is 0 Å². The number of rotatable bonds is 0. The minimum atomic E-state index is -4.67. The molecule has 0 aromatic rings. The summed E-state index contributed by atoms with van der Waals surface area (Å²) in [4.78, 5) is 0. The van der Waals surface area contributed by atoms with Gasteiger partial charge in [-0.3, -0.25) is 9.11 Å². The average molecular weight is 219 g/mol. The van der Waals surface area contributed by atoms with Crippen molar-refractivity contribution >= 4 is 34.3 Å². The van der Waals surface area contributed by atoms with Crippen molar-refractivity contribution in [2.24, 2.45) is 0 Å². The fourth-order valence-electron chi connectivity index (χ4n) is 0. The normalized spacial score (nSPS) is 9.67. The van der Waals surface area contributed by atoms with E-state index in [0.29, 0.717) is 0 Å². The first-order chi connectivity index (χ1) is 2.00. The van der Waals surface area contributed by atoms with Crippen molar-refractivity contribution < 1.29 is 17.5 Å². The third kappa shape index (κ3) is 141. The van der Waals surface area contributed by atoms with Crippen LogP contribution in [-0.2, 0) is 10.4 Å². The molecule has 4 nitrogen and oxygen atoms in total. The van der Waals surface area contributed by atoms with Gasteiger partial charge < -0.3 is 0 Å². The molecule has 0 aromatic heterocycles. The van der Waals surface area contributed by atoms with E-state index in [-0.39, 0.29) is 23.9 Å². The Hall–Kier alpha value is 0.669. The second-order valence-corrected chi connectivity index (χ2v) is 1.34. The second-order valence-electron chi connectivity index (χ2n) is 0.448. The third-order valence-corrected chi connectivity index (χ3v) is 0. The summed E-state index contributed by atoms with van der Waals surface area (Å²) in [6.07, 6.45) is 0. The molecule has 2 N–H and O–H groups in total. The van der Waals surface area contributed by atoms with Crippen LogP contribution >= 0.6 is 0 Å². The van der Waals surface area contributed by atoms with Crippen LogP contribution in [0.3, 0.4) is 0 Å². The predicted molar refractivity (Wildman–Crippen MR) is 22.7 cm³/mol. The van der Waals surface area contributed by atoms with E-state index in [2.05, 4.69) is 0 Å². The van der Waals surface area contributed by atoms with E-state index in [1.807, 2.05) is 0 Å². The second kappa shape index (κ2) is 2.78. The van der Waals surface area contributed by atoms with E-state index < -0.39 is 10.4 Å². The SMILES string of the molecule is O=S(=O)(O)O.[SnH2]. The van der Waals surface area contributed by atoms with Crippen LogP contribution in [0.1, 0.15) is 0 Å². The van der Waals surface area contributed by atoms with Gasteiger partial charge in [0.05, 0.1) is 0 Å². The van der Waals surface area contributed by atoms with Gasteiger partial charge in [0.25, 0.3) is 0 Å². The van der Waals surface area contributed by atoms with Crippen LogP contribution in [0.4, 0.5) is 0 Å². The Bertz CT molecular complexity index is 90.7. The molecule has 0 aliphatic rings. The first-order valence-corrected chi connectivity index (χ1v) is 2.10. The third-order valence-electron chi connectivity index (χ3n) is 0. The Balaban J connectivity index is 0. The van der Waals surface area contributed by atoms with Crippen molar-refractivity contribution in [3.8, 4) is 0 Å². The van der Waals surface area contributed by atoms with Crippen molar-refractivity contribution in [3.63, 3.8) is 0 Å². The number of hydrogen-bond donors (Lipinski definition) is 2. The van der Waals surface area contributed by atoms with Gasteiger partial charge in [-0.25, -0.2) is 0 Å². The van der Waals surface area contributed by atoms with Gasteiger partial charge in [-0.2, -0.15) is 8.42 Å². The van der Waals surface area contributed by atoms with Gasteiger partial charge in [-0.15, -0.1) is 0 Å². The van der Waals surface area contributed by atoms with E-state index in [1.54, 1.807) is 0 Å². The Morgan fingerprint density at radius 2 is 1.17 bits per heavy atom. The summed E-state index contributed by atoms with van der Waals surface area (Å²) < 4.78 is 31.6. The van der Waals surface area contributed by atoms with Gasteiger partial charge in [0, 0.05) is 0 Å². The molecule has 0 atom stereocenters. The van der Waals surface area contributed by atoms with Crippen molar-refractivity contribution in [3.05, 3.63) is 0 Å². The summed E-state index contributed by atoms with van der Waals surface area (Å²) in [6, 6.07) is 0. The molecule has 2 radical (unpaired) electrons. The van der Waals surface area contributed by atoms with E-state index >= 15 is 0 Å². The molecular weight excluding hydrogens is 215 g/mol. The first kappa shape index (κ1) is 9.83. The summed E-state index contributed by atoms with van der Waals surface area (Å²) in [5.74, 6) is 0. The summed E-state index contributed by atoms with van der Waals surface area (Å²) in [5.41, 5.74) is 0. The van der Waals surface area contributed by atoms with Crippen molar-refractivity contribution in [1.29, 1.82) is 0 Å². The molecule has 6 heteroatoms. The molecule has 0 spiro atoms. The van der Waals surface area contributed by atoms with Gasteiger partial charge in [-0.05, 0) is 0 Å². The summed E-state index contributed by atoms with van der Waals surface area (Å²) in [6.45, 7) is 0. The average Bonchev–Trinajstić information content (AvgIpc) is 0.722. The molecule has 38 valence electrons. The Kier molecular flexibility index (Phi) is 4.55. The van der Waals surface area contributed by atoms with Crippen molar-refractivity contribution in [2.75, 3.05) is 0 Å². The minimum absolute atomic E-state index is 0. The Morgan fingerprint density at radius 3 is 1.17 bits per heavy atom. The van der Waals surface area contributed by atoms with Crippen LogP contribution in [0.25, 0.3) is 0 Å². The molecule has 0 unspecified atom stereocenters. The first-order valence-electron chi connectivity index (χ1n) is 0.698. The van der Waals surface area contributed by atoms with E-state index in [1.165, 1.54) is 0 Å². The Labute approximate surface area is 52.1 Å². The summed E-state index contributed by atoms with van der Waals surface area (Å²) in [5, 5.41) is 0. The van der Waals surface area contributed by atoms with Gasteiger partial charge >= 0.3 is 34.3 Å². The zero-order valence-electron chi connectivity index (χ0n) is 2.83. The van der Waals surface area contributed by atoms with E-state index in [0.717, 1.165) is 0 Å². The van der Waals surface area contributed by atoms with E-state index in [4.69, 9.17) is 17.5 Å². The maximum absolute atomic E-state index is 8.74. The molecule has 0 amide bonds. The predicted octanol–water partition coefficient (Wildman–Crippen LogP) is -1.57. The van der Waals surface area contributed by atoms with Crippen LogP contribution in [-0.4, -0.2) is 41.4 Å². The molecular formula is H4O4SSn. The Morgan fingerprint density at radius 1 is 1.17 bits per heavy atom. The molecule has 0 rings (SSSR count). The van der Waals surface area contributed by atoms with Crippen LogP contribution in [0, 0.1) is 0 Å². The fourth-order valence-corrected chi connectivity index (χ4v) is 0. The van der Waals surface area contributed by atoms with Crippen LogP contribution < -0.4 is 0 Å². The quantitative estimate of drug-likeness (QED) is 0.381. The molecule has 0 saturated carbocycles. The molecule has 0 aliphatic carbocycles. The van der Waals surface area contributed by atoms with Gasteiger partial charge in [0.1, 0.15) is 0 Å². The molecule has 0 saturated heterocycles. The van der Waals surface area contributed by atoms with Crippen LogP contribution in [0.2, 0.25) is 0 Å². The van der Waals surface area contributed by atoms with Gasteiger partial charge in [0.2, 0.25) is 0 Å². The van der Waals surface area contributed by atoms with Gasteiger partial charge in [-0.1, -0.05) is 0 Å². The van der Waals surface area contributed by atoms with Crippen LogP contribution in [0.15, 0.2) is 0 Å². The maximum atomic E-state index is 8.74. The zero-order chi connectivity index (χ0) is 4.50. The van der Waals surface area contributed by atoms with Crippen molar-refractivity contribution in [1.82, 2.24) is 0 Å². The summed E-state index contributed by atoms with van der Waals surface area (Å²) in [7, 11) is -4.67. The monoisotopic (exact) mass is 220 g/mol. The molecule has 0 aliphatic heterocycles. The summed E-state index contributed by atoms with van der Waals surface area (Å²) >= 11 is 0.